The van der Waals surface area contributed by atoms with E-state index in [4.69, 9.17) is 0 Å². The van der Waals surface area contributed by atoms with Crippen molar-refractivity contribution < 1.29 is 0 Å². The SMILES string of the molecule is CC(C)(C)c1cc(-c2cccc(-c3cc(C(C)(C)C)[nH]n3)c2)n[nH]1. The van der Waals surface area contributed by atoms with E-state index in [1.54, 1.807) is 0 Å². The fourth-order valence-corrected chi connectivity index (χ4v) is 2.55. The van der Waals surface area contributed by atoms with E-state index < -0.39 is 0 Å². The number of aromatic nitrogens is 4. The first-order chi connectivity index (χ1) is 11.1. The van der Waals surface area contributed by atoms with Crippen molar-refractivity contribution in [2.45, 2.75) is 52.4 Å². The summed E-state index contributed by atoms with van der Waals surface area (Å²) in [5.74, 6) is 0. The number of nitrogens with one attached hydrogen (secondary N) is 2. The molecular formula is C20H26N4. The smallest absolute Gasteiger partial charge is 0.0923 e. The summed E-state index contributed by atoms with van der Waals surface area (Å²) in [4.78, 5) is 0. The molecular weight excluding hydrogens is 296 g/mol. The average Bonchev–Trinajstić information content (AvgIpc) is 3.16. The zero-order valence-corrected chi connectivity index (χ0v) is 15.4. The maximum absolute atomic E-state index is 4.48. The van der Waals surface area contributed by atoms with Crippen molar-refractivity contribution in [1.82, 2.24) is 20.4 Å². The third kappa shape index (κ3) is 3.28. The zero-order chi connectivity index (χ0) is 17.5. The van der Waals surface area contributed by atoms with E-state index in [-0.39, 0.29) is 10.8 Å². The predicted molar refractivity (Wildman–Crippen MR) is 99.0 cm³/mol. The highest BCUT2D eigenvalue weighted by Gasteiger charge is 2.19. The normalized spacial score (nSPS) is 12.6. The number of benzene rings is 1. The molecule has 0 radical (unpaired) electrons. The summed E-state index contributed by atoms with van der Waals surface area (Å²) in [6, 6.07) is 12.6. The quantitative estimate of drug-likeness (QED) is 0.692. The van der Waals surface area contributed by atoms with Gasteiger partial charge in [0.2, 0.25) is 0 Å². The van der Waals surface area contributed by atoms with E-state index in [0.29, 0.717) is 0 Å². The topological polar surface area (TPSA) is 57.4 Å². The number of H-pyrrole nitrogens is 2. The van der Waals surface area contributed by atoms with Gasteiger partial charge in [-0.2, -0.15) is 10.2 Å². The molecule has 3 aromatic rings. The van der Waals surface area contributed by atoms with E-state index in [0.717, 1.165) is 33.9 Å². The zero-order valence-electron chi connectivity index (χ0n) is 15.4. The van der Waals surface area contributed by atoms with Crippen LogP contribution in [0.5, 0.6) is 0 Å². The molecule has 2 N–H and O–H groups in total. The van der Waals surface area contributed by atoms with Gasteiger partial charge < -0.3 is 0 Å². The Morgan fingerprint density at radius 1 is 0.667 bits per heavy atom. The van der Waals surface area contributed by atoms with Gasteiger partial charge in [0.25, 0.3) is 0 Å². The molecule has 0 saturated heterocycles. The molecule has 0 aliphatic carbocycles. The lowest BCUT2D eigenvalue weighted by molar-refractivity contribution is 0.566. The van der Waals surface area contributed by atoms with Gasteiger partial charge in [-0.3, -0.25) is 10.2 Å². The third-order valence-electron chi connectivity index (χ3n) is 4.23. The maximum Gasteiger partial charge on any atom is 0.0923 e. The predicted octanol–water partition coefficient (Wildman–Crippen LogP) is 5.06. The summed E-state index contributed by atoms with van der Waals surface area (Å²) in [6.07, 6.45) is 0. The lowest BCUT2D eigenvalue weighted by Gasteiger charge is -2.14. The van der Waals surface area contributed by atoms with E-state index in [2.05, 4.69) is 98.3 Å². The van der Waals surface area contributed by atoms with Crippen molar-refractivity contribution in [3.05, 3.63) is 47.8 Å². The van der Waals surface area contributed by atoms with Crippen molar-refractivity contribution >= 4 is 0 Å². The molecule has 3 rings (SSSR count). The van der Waals surface area contributed by atoms with Gasteiger partial charge in [-0.15, -0.1) is 0 Å². The molecule has 0 atom stereocenters. The van der Waals surface area contributed by atoms with Crippen LogP contribution in [0.15, 0.2) is 36.4 Å². The van der Waals surface area contributed by atoms with E-state index >= 15 is 0 Å². The van der Waals surface area contributed by atoms with Crippen LogP contribution in [0.2, 0.25) is 0 Å². The first-order valence-electron chi connectivity index (χ1n) is 8.37. The lowest BCUT2D eigenvalue weighted by Crippen LogP contribution is -2.11. The minimum absolute atomic E-state index is 0.0622. The van der Waals surface area contributed by atoms with Crippen molar-refractivity contribution in [1.29, 1.82) is 0 Å². The summed E-state index contributed by atoms with van der Waals surface area (Å²) < 4.78 is 0. The summed E-state index contributed by atoms with van der Waals surface area (Å²) in [5.41, 5.74) is 6.52. The van der Waals surface area contributed by atoms with Gasteiger partial charge in [0, 0.05) is 33.3 Å². The molecule has 2 heterocycles. The highest BCUT2D eigenvalue weighted by Crippen LogP contribution is 2.29. The summed E-state index contributed by atoms with van der Waals surface area (Å²) >= 11 is 0. The number of nitrogens with zero attached hydrogens (tertiary/aromatic N) is 2. The van der Waals surface area contributed by atoms with Crippen molar-refractivity contribution in [2.24, 2.45) is 0 Å². The Kier molecular flexibility index (Phi) is 3.86. The van der Waals surface area contributed by atoms with Crippen LogP contribution < -0.4 is 0 Å². The Balaban J connectivity index is 1.95. The maximum atomic E-state index is 4.48. The van der Waals surface area contributed by atoms with Crippen LogP contribution in [0.4, 0.5) is 0 Å². The van der Waals surface area contributed by atoms with Crippen molar-refractivity contribution in [3.63, 3.8) is 0 Å². The average molecular weight is 322 g/mol. The molecule has 0 bridgehead atoms. The van der Waals surface area contributed by atoms with Gasteiger partial charge in [0.1, 0.15) is 0 Å². The number of aromatic amines is 2. The van der Waals surface area contributed by atoms with Crippen LogP contribution in [0.25, 0.3) is 22.5 Å². The molecule has 0 aliphatic heterocycles. The molecule has 0 amide bonds. The molecule has 0 unspecified atom stereocenters. The Morgan fingerprint density at radius 2 is 1.08 bits per heavy atom. The molecule has 4 nitrogen and oxygen atoms in total. The van der Waals surface area contributed by atoms with Crippen LogP contribution >= 0.6 is 0 Å². The first-order valence-corrected chi connectivity index (χ1v) is 8.37. The second kappa shape index (κ2) is 5.62. The molecule has 126 valence electrons. The van der Waals surface area contributed by atoms with Gasteiger partial charge in [-0.05, 0) is 18.2 Å². The Morgan fingerprint density at radius 3 is 1.42 bits per heavy atom. The van der Waals surface area contributed by atoms with Crippen LogP contribution in [-0.4, -0.2) is 20.4 Å². The van der Waals surface area contributed by atoms with E-state index in [1.807, 2.05) is 0 Å². The minimum Gasteiger partial charge on any atom is -0.281 e. The highest BCUT2D eigenvalue weighted by atomic mass is 15.1. The largest absolute Gasteiger partial charge is 0.281 e. The number of hydrogen-bond donors (Lipinski definition) is 2. The molecule has 1 aromatic carbocycles. The molecule has 4 heteroatoms. The molecule has 0 saturated carbocycles. The summed E-state index contributed by atoms with van der Waals surface area (Å²) in [5, 5.41) is 15.3. The van der Waals surface area contributed by atoms with Gasteiger partial charge in [0.05, 0.1) is 11.4 Å². The molecule has 0 fully saturated rings. The fraction of sp³-hybridized carbons (Fsp3) is 0.400. The van der Waals surface area contributed by atoms with Gasteiger partial charge in [0.15, 0.2) is 0 Å². The highest BCUT2D eigenvalue weighted by molar-refractivity contribution is 5.69. The minimum atomic E-state index is 0.0622. The van der Waals surface area contributed by atoms with E-state index in [9.17, 15) is 0 Å². The summed E-state index contributed by atoms with van der Waals surface area (Å²) in [7, 11) is 0. The van der Waals surface area contributed by atoms with Crippen molar-refractivity contribution in [3.8, 4) is 22.5 Å². The Labute approximate surface area is 143 Å². The van der Waals surface area contributed by atoms with Gasteiger partial charge >= 0.3 is 0 Å². The van der Waals surface area contributed by atoms with Gasteiger partial charge in [-0.1, -0.05) is 59.7 Å². The second-order valence-corrected chi connectivity index (χ2v) is 8.41. The monoisotopic (exact) mass is 322 g/mol. The van der Waals surface area contributed by atoms with Crippen LogP contribution in [0.1, 0.15) is 52.9 Å². The van der Waals surface area contributed by atoms with Crippen molar-refractivity contribution in [2.75, 3.05) is 0 Å². The summed E-state index contributed by atoms with van der Waals surface area (Å²) in [6.45, 7) is 13.1. The van der Waals surface area contributed by atoms with E-state index in [1.165, 1.54) is 0 Å². The standard InChI is InChI=1S/C20H26N4/c1-19(2,3)17-11-15(21-23-17)13-8-7-9-14(10-13)16-12-18(24-22-16)20(4,5)6/h7-12H,1-6H3,(H,21,23)(H,22,24). The van der Waals surface area contributed by atoms with Crippen LogP contribution in [-0.2, 0) is 10.8 Å². The number of hydrogen-bond acceptors (Lipinski definition) is 2. The van der Waals surface area contributed by atoms with Crippen LogP contribution in [0.3, 0.4) is 0 Å². The molecule has 2 aromatic heterocycles. The molecule has 0 aliphatic rings. The first kappa shape index (κ1) is 16.5. The number of rotatable bonds is 2. The molecule has 24 heavy (non-hydrogen) atoms. The lowest BCUT2D eigenvalue weighted by atomic mass is 9.91. The third-order valence-corrected chi connectivity index (χ3v) is 4.23. The van der Waals surface area contributed by atoms with Crippen LogP contribution in [0, 0.1) is 0 Å². The second-order valence-electron chi connectivity index (χ2n) is 8.41. The van der Waals surface area contributed by atoms with Gasteiger partial charge in [-0.25, -0.2) is 0 Å². The Bertz CT molecular complexity index is 773. The Hall–Kier alpha value is -2.36. The fourth-order valence-electron chi connectivity index (χ4n) is 2.55. The molecule has 0 spiro atoms.